The van der Waals surface area contributed by atoms with Crippen LogP contribution in [0.25, 0.3) is 0 Å². The minimum Gasteiger partial charge on any atom is -0.344 e. The van der Waals surface area contributed by atoms with E-state index in [1.54, 1.807) is 6.26 Å². The van der Waals surface area contributed by atoms with E-state index in [1.165, 1.54) is 5.56 Å². The maximum absolute atomic E-state index is 13.1. The van der Waals surface area contributed by atoms with Gasteiger partial charge in [0.25, 0.3) is 0 Å². The Balaban J connectivity index is 1.57. The van der Waals surface area contributed by atoms with Crippen LogP contribution in [0, 0.1) is 18.3 Å². The van der Waals surface area contributed by atoms with Gasteiger partial charge in [-0.05, 0) is 38.2 Å². The maximum atomic E-state index is 13.1. The number of benzene rings is 1. The Kier molecular flexibility index (Phi) is 5.65. The van der Waals surface area contributed by atoms with Crippen molar-refractivity contribution in [1.29, 1.82) is 5.26 Å². The minimum atomic E-state index is -1.03. The average molecular weight is 426 g/mol. The van der Waals surface area contributed by atoms with Gasteiger partial charge in [0.15, 0.2) is 0 Å². The molecule has 1 saturated heterocycles. The van der Waals surface area contributed by atoms with Gasteiger partial charge in [0.05, 0.1) is 17.0 Å². The number of nitrogens with zero attached hydrogens (tertiary/aromatic N) is 4. The number of hydrogen-bond acceptors (Lipinski definition) is 5. The Bertz CT molecular complexity index is 993. The van der Waals surface area contributed by atoms with Crippen molar-refractivity contribution in [2.24, 2.45) is 0 Å². The molecule has 7 nitrogen and oxygen atoms in total. The van der Waals surface area contributed by atoms with Gasteiger partial charge < -0.3 is 10.2 Å². The molecule has 1 aliphatic heterocycles. The van der Waals surface area contributed by atoms with Crippen LogP contribution in [0.3, 0.4) is 0 Å². The molecule has 0 spiro atoms. The summed E-state index contributed by atoms with van der Waals surface area (Å²) < 4.78 is 14.2. The first-order valence-corrected chi connectivity index (χ1v) is 11.9. The molecule has 4 rings (SSSR count). The molecule has 0 radical (unpaired) electrons. The lowest BCUT2D eigenvalue weighted by Crippen LogP contribution is -2.48. The van der Waals surface area contributed by atoms with Gasteiger partial charge in [-0.15, -0.1) is 0 Å². The van der Waals surface area contributed by atoms with Gasteiger partial charge in [-0.25, -0.2) is 4.68 Å². The Hall–Kier alpha value is -2.66. The topological polar surface area (TPSA) is 91.0 Å². The molecule has 8 heteroatoms. The minimum absolute atomic E-state index is 0.0873. The number of aryl methyl sites for hydroxylation is 3. The normalized spacial score (nSPS) is 23.0. The predicted octanol–water partition coefficient (Wildman–Crippen LogP) is 1.93. The number of hydrogen-bond donors (Lipinski definition) is 1. The van der Waals surface area contributed by atoms with Crippen LogP contribution in [0.5, 0.6) is 0 Å². The molecule has 30 heavy (non-hydrogen) atoms. The molecule has 158 valence electrons. The highest BCUT2D eigenvalue weighted by atomic mass is 32.2. The highest BCUT2D eigenvalue weighted by Gasteiger charge is 2.48. The SMILES string of the molecule is Cc1cc(N2C[C@H](S(C)=O)C[C@H]2C(=O)NC2(C#N)CC2)n(CCc2ccccc2)n1. The van der Waals surface area contributed by atoms with E-state index in [0.29, 0.717) is 32.4 Å². The summed E-state index contributed by atoms with van der Waals surface area (Å²) >= 11 is 0. The average Bonchev–Trinajstić information content (AvgIpc) is 3.19. The van der Waals surface area contributed by atoms with Crippen LogP contribution in [0.15, 0.2) is 36.4 Å². The van der Waals surface area contributed by atoms with Crippen LogP contribution in [0.4, 0.5) is 5.82 Å². The summed E-state index contributed by atoms with van der Waals surface area (Å²) in [7, 11) is -1.03. The van der Waals surface area contributed by atoms with E-state index >= 15 is 0 Å². The number of nitriles is 1. The second-order valence-electron chi connectivity index (χ2n) is 8.31. The van der Waals surface area contributed by atoms with Crippen LogP contribution in [0.2, 0.25) is 0 Å². The van der Waals surface area contributed by atoms with Crippen molar-refractivity contribution in [3.05, 3.63) is 47.7 Å². The molecule has 1 aliphatic carbocycles. The molecule has 1 unspecified atom stereocenters. The van der Waals surface area contributed by atoms with E-state index < -0.39 is 22.4 Å². The van der Waals surface area contributed by atoms with E-state index in [9.17, 15) is 14.3 Å². The van der Waals surface area contributed by atoms with Crippen molar-refractivity contribution in [2.75, 3.05) is 17.7 Å². The fourth-order valence-corrected chi connectivity index (χ4v) is 4.88. The summed E-state index contributed by atoms with van der Waals surface area (Å²) in [6.07, 6.45) is 4.43. The molecule has 1 aromatic carbocycles. The van der Waals surface area contributed by atoms with Crippen molar-refractivity contribution in [3.8, 4) is 6.07 Å². The van der Waals surface area contributed by atoms with Crippen molar-refractivity contribution < 1.29 is 9.00 Å². The van der Waals surface area contributed by atoms with Crippen molar-refractivity contribution in [2.45, 2.75) is 56.0 Å². The first-order chi connectivity index (χ1) is 14.4. The summed E-state index contributed by atoms with van der Waals surface area (Å²) in [5.41, 5.74) is 1.40. The summed E-state index contributed by atoms with van der Waals surface area (Å²) in [5, 5.41) is 16.9. The smallest absolute Gasteiger partial charge is 0.244 e. The number of rotatable bonds is 7. The summed E-state index contributed by atoms with van der Waals surface area (Å²) in [4.78, 5) is 15.1. The third-order valence-electron chi connectivity index (χ3n) is 5.99. The first kappa shape index (κ1) is 20.6. The molecule has 2 heterocycles. The van der Waals surface area contributed by atoms with Crippen molar-refractivity contribution >= 4 is 22.5 Å². The van der Waals surface area contributed by atoms with E-state index in [1.807, 2.05) is 40.8 Å². The second-order valence-corrected chi connectivity index (χ2v) is 9.97. The number of anilines is 1. The van der Waals surface area contributed by atoms with Gasteiger partial charge in [-0.1, -0.05) is 30.3 Å². The Morgan fingerprint density at radius 3 is 2.73 bits per heavy atom. The lowest BCUT2D eigenvalue weighted by atomic mass is 10.1. The molecule has 1 saturated carbocycles. The quantitative estimate of drug-likeness (QED) is 0.732. The molecule has 2 fully saturated rings. The summed E-state index contributed by atoms with van der Waals surface area (Å²) in [6, 6.07) is 14.0. The molecule has 1 aromatic heterocycles. The Labute approximate surface area is 179 Å². The highest BCUT2D eigenvalue weighted by Crippen LogP contribution is 2.36. The number of amides is 1. The van der Waals surface area contributed by atoms with E-state index in [-0.39, 0.29) is 11.2 Å². The monoisotopic (exact) mass is 425 g/mol. The zero-order valence-corrected chi connectivity index (χ0v) is 18.2. The van der Waals surface area contributed by atoms with Crippen LogP contribution in [0.1, 0.15) is 30.5 Å². The molecule has 2 aliphatic rings. The van der Waals surface area contributed by atoms with Crippen LogP contribution in [-0.4, -0.2) is 49.5 Å². The van der Waals surface area contributed by atoms with E-state index in [0.717, 1.165) is 17.9 Å². The molecule has 1 amide bonds. The largest absolute Gasteiger partial charge is 0.344 e. The van der Waals surface area contributed by atoms with Crippen molar-refractivity contribution in [1.82, 2.24) is 15.1 Å². The van der Waals surface area contributed by atoms with Gasteiger partial charge in [-0.3, -0.25) is 9.00 Å². The number of carbonyl (C=O) groups excluding carboxylic acids is 1. The molecule has 3 atom stereocenters. The first-order valence-electron chi connectivity index (χ1n) is 10.3. The lowest BCUT2D eigenvalue weighted by molar-refractivity contribution is -0.122. The lowest BCUT2D eigenvalue weighted by Gasteiger charge is -2.27. The standard InChI is InChI=1S/C22H27N5O2S/c1-16-12-20(27(25-16)11-8-17-6-4-3-5-7-17)26-14-18(30(2)29)13-19(26)21(28)24-22(15-23)9-10-22/h3-7,12,18-19H,8-11,13-14H2,1-2H3,(H,24,28)/t18-,19+,30?/m1/s1. The summed E-state index contributed by atoms with van der Waals surface area (Å²) in [6.45, 7) is 3.18. The molecule has 0 bridgehead atoms. The number of aromatic nitrogens is 2. The van der Waals surface area contributed by atoms with Gasteiger partial charge in [0.2, 0.25) is 5.91 Å². The third-order valence-corrected chi connectivity index (χ3v) is 7.27. The van der Waals surface area contributed by atoms with Gasteiger partial charge in [-0.2, -0.15) is 10.4 Å². The third kappa shape index (κ3) is 4.26. The van der Waals surface area contributed by atoms with Crippen LogP contribution < -0.4 is 10.2 Å². The fraction of sp³-hybridized carbons (Fsp3) is 0.500. The molecule has 2 aromatic rings. The van der Waals surface area contributed by atoms with E-state index in [4.69, 9.17) is 0 Å². The van der Waals surface area contributed by atoms with E-state index in [2.05, 4.69) is 28.6 Å². The van der Waals surface area contributed by atoms with Gasteiger partial charge in [0.1, 0.15) is 17.4 Å². The zero-order chi connectivity index (χ0) is 21.3. The van der Waals surface area contributed by atoms with Crippen LogP contribution >= 0.6 is 0 Å². The second kappa shape index (κ2) is 8.23. The van der Waals surface area contributed by atoms with Gasteiger partial charge >= 0.3 is 0 Å². The predicted molar refractivity (Wildman–Crippen MR) is 116 cm³/mol. The molecular weight excluding hydrogens is 398 g/mol. The zero-order valence-electron chi connectivity index (χ0n) is 17.4. The highest BCUT2D eigenvalue weighted by molar-refractivity contribution is 7.84. The number of nitrogens with one attached hydrogen (secondary N) is 1. The molecule has 1 N–H and O–H groups in total. The van der Waals surface area contributed by atoms with Gasteiger partial charge in [0, 0.05) is 36.2 Å². The van der Waals surface area contributed by atoms with Crippen LogP contribution in [-0.2, 0) is 28.6 Å². The Morgan fingerprint density at radius 1 is 1.37 bits per heavy atom. The molecular formula is C22H27N5O2S. The Morgan fingerprint density at radius 2 is 2.10 bits per heavy atom. The van der Waals surface area contributed by atoms with Crippen molar-refractivity contribution in [3.63, 3.8) is 0 Å². The summed E-state index contributed by atoms with van der Waals surface area (Å²) in [5.74, 6) is 0.716. The maximum Gasteiger partial charge on any atom is 0.244 e. The number of carbonyl (C=O) groups is 1. The fourth-order valence-electron chi connectivity index (χ4n) is 4.06.